The topological polar surface area (TPSA) is 57.5 Å². The SMILES string of the molecule is CC(=O)C1=CC[C@H]2[C@@H]3CC=C4CC(O)CC[C@]4(C)[C@@]3(O)CC[C@]12C. The van der Waals surface area contributed by atoms with Crippen molar-refractivity contribution in [1.82, 2.24) is 0 Å². The Kier molecular flexibility index (Phi) is 3.48. The molecule has 4 aliphatic rings. The highest BCUT2D eigenvalue weighted by atomic mass is 16.3. The Balaban J connectivity index is 1.73. The second-order valence-corrected chi connectivity index (χ2v) is 9.16. The number of rotatable bonds is 1. The highest BCUT2D eigenvalue weighted by Crippen LogP contribution is 2.66. The first-order chi connectivity index (χ1) is 11.2. The van der Waals surface area contributed by atoms with Gasteiger partial charge in [-0.1, -0.05) is 31.6 Å². The van der Waals surface area contributed by atoms with Gasteiger partial charge in [0.15, 0.2) is 5.78 Å². The van der Waals surface area contributed by atoms with E-state index < -0.39 is 5.60 Å². The average molecular weight is 330 g/mol. The maximum atomic E-state index is 12.1. The summed E-state index contributed by atoms with van der Waals surface area (Å²) in [6, 6.07) is 0. The van der Waals surface area contributed by atoms with Crippen LogP contribution < -0.4 is 0 Å². The summed E-state index contributed by atoms with van der Waals surface area (Å²) in [7, 11) is 0. The van der Waals surface area contributed by atoms with E-state index >= 15 is 0 Å². The van der Waals surface area contributed by atoms with E-state index in [1.165, 1.54) is 5.57 Å². The highest BCUT2D eigenvalue weighted by Gasteiger charge is 2.64. The van der Waals surface area contributed by atoms with Crippen LogP contribution in [0.4, 0.5) is 0 Å². The second kappa shape index (κ2) is 5.04. The Hall–Kier alpha value is -0.930. The number of carbonyl (C=O) groups excluding carboxylic acids is 1. The molecule has 24 heavy (non-hydrogen) atoms. The molecule has 3 nitrogen and oxygen atoms in total. The molecule has 0 aliphatic heterocycles. The maximum Gasteiger partial charge on any atom is 0.156 e. The number of fused-ring (bicyclic) bond motifs is 5. The minimum atomic E-state index is -0.693. The fourth-order valence-corrected chi connectivity index (χ4v) is 6.69. The molecule has 0 saturated heterocycles. The van der Waals surface area contributed by atoms with Crippen molar-refractivity contribution in [3.05, 3.63) is 23.3 Å². The molecular formula is C21H30O3. The average Bonchev–Trinajstić information content (AvgIpc) is 2.87. The first-order valence-electron chi connectivity index (χ1n) is 9.54. The maximum absolute atomic E-state index is 12.1. The normalized spacial score (nSPS) is 50.3. The number of hydrogen-bond donors (Lipinski definition) is 2. The second-order valence-electron chi connectivity index (χ2n) is 9.16. The number of allylic oxidation sites excluding steroid dienone is 3. The number of carbonyl (C=O) groups is 1. The molecule has 0 amide bonds. The molecule has 4 aliphatic carbocycles. The third kappa shape index (κ3) is 1.89. The standard InChI is InChI=1S/C21H30O3/c1-13(22)16-6-7-17-18-5-4-14-12-15(23)8-9-20(14,3)21(18,24)11-10-19(16,17)2/h4,6,15,17-18,23-24H,5,7-12H2,1-3H3/t15?,17-,18-,19+,20-,21+/m0/s1. The summed E-state index contributed by atoms with van der Waals surface area (Å²) in [6.07, 6.45) is 10.0. The van der Waals surface area contributed by atoms with Crippen LogP contribution in [-0.4, -0.2) is 27.7 Å². The fraction of sp³-hybridized carbons (Fsp3) is 0.762. The van der Waals surface area contributed by atoms with E-state index in [1.54, 1.807) is 6.92 Å². The quantitative estimate of drug-likeness (QED) is 0.723. The van der Waals surface area contributed by atoms with Crippen molar-refractivity contribution in [2.45, 2.75) is 77.4 Å². The van der Waals surface area contributed by atoms with Crippen molar-refractivity contribution in [2.75, 3.05) is 0 Å². The van der Waals surface area contributed by atoms with Crippen LogP contribution in [-0.2, 0) is 4.79 Å². The Labute approximate surface area is 144 Å². The lowest BCUT2D eigenvalue weighted by molar-refractivity contribution is -0.181. The van der Waals surface area contributed by atoms with Gasteiger partial charge in [-0.05, 0) is 74.7 Å². The van der Waals surface area contributed by atoms with Gasteiger partial charge in [-0.15, -0.1) is 0 Å². The van der Waals surface area contributed by atoms with Crippen molar-refractivity contribution in [3.63, 3.8) is 0 Å². The summed E-state index contributed by atoms with van der Waals surface area (Å²) < 4.78 is 0. The van der Waals surface area contributed by atoms with Gasteiger partial charge in [-0.3, -0.25) is 4.79 Å². The molecular weight excluding hydrogens is 300 g/mol. The zero-order chi connectivity index (χ0) is 17.3. The van der Waals surface area contributed by atoms with Crippen LogP contribution in [0.25, 0.3) is 0 Å². The van der Waals surface area contributed by atoms with Crippen LogP contribution in [0.15, 0.2) is 23.3 Å². The van der Waals surface area contributed by atoms with E-state index in [4.69, 9.17) is 0 Å². The molecule has 132 valence electrons. The third-order valence-corrected chi connectivity index (χ3v) is 8.23. The summed E-state index contributed by atoms with van der Waals surface area (Å²) in [5.41, 5.74) is 1.28. The molecule has 0 radical (unpaired) electrons. The Morgan fingerprint density at radius 1 is 1.12 bits per heavy atom. The lowest BCUT2D eigenvalue weighted by atomic mass is 9.45. The molecule has 0 aromatic rings. The summed E-state index contributed by atoms with van der Waals surface area (Å²) in [6.45, 7) is 6.14. The Morgan fingerprint density at radius 3 is 2.54 bits per heavy atom. The largest absolute Gasteiger partial charge is 0.393 e. The van der Waals surface area contributed by atoms with E-state index in [2.05, 4.69) is 26.0 Å². The molecule has 0 heterocycles. The lowest BCUT2D eigenvalue weighted by Crippen LogP contribution is -2.62. The Morgan fingerprint density at radius 2 is 1.83 bits per heavy atom. The molecule has 0 spiro atoms. The Bertz CT molecular complexity index is 647. The van der Waals surface area contributed by atoms with E-state index in [-0.39, 0.29) is 28.6 Å². The van der Waals surface area contributed by atoms with Crippen molar-refractivity contribution in [1.29, 1.82) is 0 Å². The van der Waals surface area contributed by atoms with E-state index in [1.807, 2.05) is 0 Å². The van der Waals surface area contributed by atoms with Gasteiger partial charge >= 0.3 is 0 Å². The summed E-state index contributed by atoms with van der Waals surface area (Å²) >= 11 is 0. The van der Waals surface area contributed by atoms with Crippen LogP contribution in [0.1, 0.15) is 65.7 Å². The van der Waals surface area contributed by atoms with Crippen LogP contribution in [0.2, 0.25) is 0 Å². The number of hydrogen-bond acceptors (Lipinski definition) is 3. The molecule has 4 rings (SSSR count). The van der Waals surface area contributed by atoms with Crippen LogP contribution >= 0.6 is 0 Å². The number of aliphatic hydroxyl groups excluding tert-OH is 1. The highest BCUT2D eigenvalue weighted by molar-refractivity contribution is 5.95. The van der Waals surface area contributed by atoms with Crippen molar-refractivity contribution >= 4 is 5.78 Å². The first-order valence-corrected chi connectivity index (χ1v) is 9.54. The fourth-order valence-electron chi connectivity index (χ4n) is 6.69. The molecule has 0 bridgehead atoms. The van der Waals surface area contributed by atoms with E-state index in [0.717, 1.165) is 44.1 Å². The van der Waals surface area contributed by atoms with Gasteiger partial charge < -0.3 is 10.2 Å². The molecule has 2 saturated carbocycles. The molecule has 2 fully saturated rings. The van der Waals surface area contributed by atoms with Gasteiger partial charge in [0.25, 0.3) is 0 Å². The van der Waals surface area contributed by atoms with Crippen molar-refractivity contribution < 1.29 is 15.0 Å². The lowest BCUT2D eigenvalue weighted by Gasteiger charge is -2.62. The first kappa shape index (κ1) is 16.5. The monoisotopic (exact) mass is 330 g/mol. The molecule has 2 N–H and O–H groups in total. The van der Waals surface area contributed by atoms with Crippen LogP contribution in [0.3, 0.4) is 0 Å². The summed E-state index contributed by atoms with van der Waals surface area (Å²) in [5.74, 6) is 0.773. The zero-order valence-electron chi connectivity index (χ0n) is 15.1. The van der Waals surface area contributed by atoms with Gasteiger partial charge in [-0.25, -0.2) is 0 Å². The predicted molar refractivity (Wildman–Crippen MR) is 93.3 cm³/mol. The summed E-state index contributed by atoms with van der Waals surface area (Å²) in [4.78, 5) is 12.1. The van der Waals surface area contributed by atoms with Gasteiger partial charge in [0.2, 0.25) is 0 Å². The van der Waals surface area contributed by atoms with Crippen molar-refractivity contribution in [2.24, 2.45) is 22.7 Å². The molecule has 0 aromatic heterocycles. The van der Waals surface area contributed by atoms with Gasteiger partial charge in [-0.2, -0.15) is 0 Å². The number of ketones is 1. The predicted octanol–water partition coefficient (Wildman–Crippen LogP) is 3.55. The number of Topliss-reactive ketones (excluding diaryl/α,β-unsaturated/α-hetero) is 1. The van der Waals surface area contributed by atoms with Gasteiger partial charge in [0.1, 0.15) is 0 Å². The third-order valence-electron chi connectivity index (χ3n) is 8.23. The van der Waals surface area contributed by atoms with E-state index in [9.17, 15) is 15.0 Å². The minimum Gasteiger partial charge on any atom is -0.393 e. The molecule has 3 heteroatoms. The summed E-state index contributed by atoms with van der Waals surface area (Å²) in [5, 5.41) is 21.9. The van der Waals surface area contributed by atoms with Crippen LogP contribution in [0, 0.1) is 22.7 Å². The zero-order valence-corrected chi connectivity index (χ0v) is 15.1. The smallest absolute Gasteiger partial charge is 0.156 e. The van der Waals surface area contributed by atoms with Crippen LogP contribution in [0.5, 0.6) is 0 Å². The van der Waals surface area contributed by atoms with Gasteiger partial charge in [0, 0.05) is 5.41 Å². The molecule has 1 unspecified atom stereocenters. The van der Waals surface area contributed by atoms with Crippen molar-refractivity contribution in [3.8, 4) is 0 Å². The minimum absolute atomic E-state index is 0.0708. The number of aliphatic hydroxyl groups is 2. The molecule has 6 atom stereocenters. The molecule has 0 aromatic carbocycles. The van der Waals surface area contributed by atoms with E-state index in [0.29, 0.717) is 12.3 Å². The van der Waals surface area contributed by atoms with Gasteiger partial charge in [0.05, 0.1) is 11.7 Å².